The number of amides is 1. The van der Waals surface area contributed by atoms with Gasteiger partial charge in [0, 0.05) is 49.2 Å². The highest BCUT2D eigenvalue weighted by molar-refractivity contribution is 5.95. The van der Waals surface area contributed by atoms with E-state index in [1.807, 2.05) is 37.3 Å². The third kappa shape index (κ3) is 5.46. The number of nitro benzene ring substituents is 1. The maximum atomic E-state index is 12.8. The number of pyridine rings is 2. The van der Waals surface area contributed by atoms with E-state index in [0.717, 1.165) is 30.2 Å². The van der Waals surface area contributed by atoms with Crippen molar-refractivity contribution >= 4 is 23.1 Å². The number of ether oxygens (including phenoxy) is 1. The molecule has 0 bridgehead atoms. The van der Waals surface area contributed by atoms with Crippen molar-refractivity contribution in [1.29, 1.82) is 0 Å². The molecular formula is C24H26N6O4. The fraction of sp³-hybridized carbons (Fsp3) is 0.292. The fourth-order valence-corrected chi connectivity index (χ4v) is 3.79. The minimum absolute atomic E-state index is 0.175. The number of carbonyl (C=O) groups is 1. The molecule has 3 heterocycles. The van der Waals surface area contributed by atoms with E-state index in [-0.39, 0.29) is 23.8 Å². The molecule has 1 aliphatic heterocycles. The second kappa shape index (κ2) is 10.7. The SMILES string of the molecule is CC(Nc1ccc(C(=O)NCc2cccnc2N2CCOCC2)cc1[N+](=O)[O-])c1ccccn1. The Kier molecular flexibility index (Phi) is 7.28. The normalized spacial score (nSPS) is 14.3. The van der Waals surface area contributed by atoms with Gasteiger partial charge in [0.15, 0.2) is 0 Å². The standard InChI is InChI=1S/C24H26N6O4/c1-17(20-6-2-3-9-25-20)28-21-8-7-18(15-22(21)30(32)33)24(31)27-16-19-5-4-10-26-23(19)29-11-13-34-14-12-29/h2-10,15,17,28H,11-14,16H2,1H3,(H,27,31). The van der Waals surface area contributed by atoms with Crippen LogP contribution in [0.3, 0.4) is 0 Å². The first-order valence-electron chi connectivity index (χ1n) is 11.0. The zero-order chi connectivity index (χ0) is 23.9. The average molecular weight is 463 g/mol. The zero-order valence-electron chi connectivity index (χ0n) is 18.8. The summed E-state index contributed by atoms with van der Waals surface area (Å²) >= 11 is 0. The molecule has 0 aliphatic carbocycles. The van der Waals surface area contributed by atoms with E-state index in [0.29, 0.717) is 18.9 Å². The number of benzene rings is 1. The third-order valence-corrected chi connectivity index (χ3v) is 5.58. The van der Waals surface area contributed by atoms with Gasteiger partial charge < -0.3 is 20.3 Å². The van der Waals surface area contributed by atoms with E-state index in [4.69, 9.17) is 4.74 Å². The van der Waals surface area contributed by atoms with Gasteiger partial charge in [0.1, 0.15) is 11.5 Å². The Morgan fingerprint density at radius 3 is 2.68 bits per heavy atom. The Bertz CT molecular complexity index is 1150. The number of rotatable bonds is 8. The number of morpholine rings is 1. The summed E-state index contributed by atoms with van der Waals surface area (Å²) in [6, 6.07) is 13.4. The summed E-state index contributed by atoms with van der Waals surface area (Å²) in [5, 5.41) is 17.7. The Morgan fingerprint density at radius 2 is 1.94 bits per heavy atom. The van der Waals surface area contributed by atoms with Crippen LogP contribution in [0, 0.1) is 10.1 Å². The fourth-order valence-electron chi connectivity index (χ4n) is 3.79. The Hall–Kier alpha value is -4.05. The molecule has 10 heteroatoms. The first kappa shape index (κ1) is 23.1. The van der Waals surface area contributed by atoms with Crippen molar-refractivity contribution in [3.63, 3.8) is 0 Å². The Labute approximate surface area is 197 Å². The number of hydrogen-bond donors (Lipinski definition) is 2. The van der Waals surface area contributed by atoms with Crippen molar-refractivity contribution < 1.29 is 14.5 Å². The van der Waals surface area contributed by atoms with Gasteiger partial charge in [0.05, 0.1) is 29.9 Å². The lowest BCUT2D eigenvalue weighted by atomic mass is 10.1. The lowest BCUT2D eigenvalue weighted by Gasteiger charge is -2.29. The van der Waals surface area contributed by atoms with Crippen LogP contribution in [0.2, 0.25) is 0 Å². The van der Waals surface area contributed by atoms with Crippen molar-refractivity contribution in [2.24, 2.45) is 0 Å². The molecule has 1 saturated heterocycles. The van der Waals surface area contributed by atoms with Crippen LogP contribution in [-0.2, 0) is 11.3 Å². The number of aromatic nitrogens is 2. The average Bonchev–Trinajstić information content (AvgIpc) is 2.88. The Balaban J connectivity index is 1.47. The van der Waals surface area contributed by atoms with Gasteiger partial charge in [-0.15, -0.1) is 0 Å². The topological polar surface area (TPSA) is 123 Å². The molecule has 1 aliphatic rings. The highest BCUT2D eigenvalue weighted by Crippen LogP contribution is 2.29. The van der Waals surface area contributed by atoms with Crippen molar-refractivity contribution in [3.05, 3.63) is 87.9 Å². The molecule has 2 aromatic heterocycles. The number of anilines is 2. The van der Waals surface area contributed by atoms with E-state index >= 15 is 0 Å². The zero-order valence-corrected chi connectivity index (χ0v) is 18.8. The van der Waals surface area contributed by atoms with E-state index in [1.165, 1.54) is 6.07 Å². The number of hydrogen-bond acceptors (Lipinski definition) is 8. The van der Waals surface area contributed by atoms with E-state index in [9.17, 15) is 14.9 Å². The predicted octanol–water partition coefficient (Wildman–Crippen LogP) is 3.32. The molecule has 1 atom stereocenters. The summed E-state index contributed by atoms with van der Waals surface area (Å²) in [5.41, 5.74) is 1.98. The first-order chi connectivity index (χ1) is 16.5. The molecule has 176 valence electrons. The molecule has 2 N–H and O–H groups in total. The van der Waals surface area contributed by atoms with Crippen LogP contribution in [0.4, 0.5) is 17.2 Å². The second-order valence-electron chi connectivity index (χ2n) is 7.88. The van der Waals surface area contributed by atoms with E-state index in [1.54, 1.807) is 24.5 Å². The molecule has 10 nitrogen and oxygen atoms in total. The summed E-state index contributed by atoms with van der Waals surface area (Å²) in [5.74, 6) is 0.407. The van der Waals surface area contributed by atoms with Gasteiger partial charge in [-0.3, -0.25) is 19.9 Å². The minimum Gasteiger partial charge on any atom is -0.378 e. The molecule has 1 amide bonds. The summed E-state index contributed by atoms with van der Waals surface area (Å²) in [4.78, 5) is 34.9. The smallest absolute Gasteiger partial charge is 0.293 e. The maximum Gasteiger partial charge on any atom is 0.293 e. The van der Waals surface area contributed by atoms with Crippen molar-refractivity contribution in [2.75, 3.05) is 36.5 Å². The van der Waals surface area contributed by atoms with Crippen molar-refractivity contribution in [3.8, 4) is 0 Å². The lowest BCUT2D eigenvalue weighted by molar-refractivity contribution is -0.384. The first-order valence-corrected chi connectivity index (χ1v) is 11.0. The van der Waals surface area contributed by atoms with Crippen LogP contribution < -0.4 is 15.5 Å². The number of nitro groups is 1. The summed E-state index contributed by atoms with van der Waals surface area (Å²) in [6.07, 6.45) is 3.39. The van der Waals surface area contributed by atoms with Crippen LogP contribution in [0.15, 0.2) is 60.9 Å². The lowest BCUT2D eigenvalue weighted by Crippen LogP contribution is -2.37. The van der Waals surface area contributed by atoms with E-state index < -0.39 is 10.8 Å². The number of nitrogens with zero attached hydrogens (tertiary/aromatic N) is 4. The molecule has 1 aromatic carbocycles. The Morgan fingerprint density at radius 1 is 1.15 bits per heavy atom. The van der Waals surface area contributed by atoms with Gasteiger partial charge in [-0.25, -0.2) is 4.98 Å². The van der Waals surface area contributed by atoms with Crippen molar-refractivity contribution in [1.82, 2.24) is 15.3 Å². The highest BCUT2D eigenvalue weighted by atomic mass is 16.6. The summed E-state index contributed by atoms with van der Waals surface area (Å²) < 4.78 is 5.40. The van der Waals surface area contributed by atoms with Crippen LogP contribution in [0.5, 0.6) is 0 Å². The second-order valence-corrected chi connectivity index (χ2v) is 7.88. The van der Waals surface area contributed by atoms with Gasteiger partial charge in [-0.05, 0) is 37.3 Å². The third-order valence-electron chi connectivity index (χ3n) is 5.58. The van der Waals surface area contributed by atoms with Gasteiger partial charge >= 0.3 is 0 Å². The van der Waals surface area contributed by atoms with Crippen molar-refractivity contribution in [2.45, 2.75) is 19.5 Å². The van der Waals surface area contributed by atoms with Gasteiger partial charge in [0.2, 0.25) is 0 Å². The molecule has 0 saturated carbocycles. The number of carbonyl (C=O) groups excluding carboxylic acids is 1. The summed E-state index contributed by atoms with van der Waals surface area (Å²) in [6.45, 7) is 4.85. The molecule has 0 radical (unpaired) electrons. The quantitative estimate of drug-likeness (QED) is 0.386. The predicted molar refractivity (Wildman–Crippen MR) is 128 cm³/mol. The molecule has 34 heavy (non-hydrogen) atoms. The molecule has 4 rings (SSSR count). The number of nitrogens with one attached hydrogen (secondary N) is 2. The monoisotopic (exact) mass is 462 g/mol. The highest BCUT2D eigenvalue weighted by Gasteiger charge is 2.21. The van der Waals surface area contributed by atoms with Crippen LogP contribution in [0.1, 0.15) is 34.6 Å². The molecule has 1 fully saturated rings. The molecule has 0 spiro atoms. The largest absolute Gasteiger partial charge is 0.378 e. The molecular weight excluding hydrogens is 436 g/mol. The minimum atomic E-state index is -0.498. The van der Waals surface area contributed by atoms with Gasteiger partial charge in [-0.1, -0.05) is 12.1 Å². The van der Waals surface area contributed by atoms with Crippen LogP contribution in [0.25, 0.3) is 0 Å². The van der Waals surface area contributed by atoms with Crippen LogP contribution in [-0.4, -0.2) is 47.1 Å². The molecule has 3 aromatic rings. The van der Waals surface area contributed by atoms with E-state index in [2.05, 4.69) is 25.5 Å². The summed E-state index contributed by atoms with van der Waals surface area (Å²) in [7, 11) is 0. The van der Waals surface area contributed by atoms with Gasteiger partial charge in [-0.2, -0.15) is 0 Å². The molecule has 1 unspecified atom stereocenters. The maximum absolute atomic E-state index is 12.8. The van der Waals surface area contributed by atoms with Gasteiger partial charge in [0.25, 0.3) is 11.6 Å². The van der Waals surface area contributed by atoms with Crippen LogP contribution >= 0.6 is 0 Å².